The third-order valence-electron chi connectivity index (χ3n) is 4.17. The van der Waals surface area contributed by atoms with E-state index in [1.807, 2.05) is 13.8 Å². The van der Waals surface area contributed by atoms with Crippen molar-refractivity contribution in [1.29, 1.82) is 0 Å². The Hall–Kier alpha value is -3.71. The Morgan fingerprint density at radius 3 is 1.86 bits per heavy atom. The third-order valence-corrected chi connectivity index (χ3v) is 4.17. The van der Waals surface area contributed by atoms with Crippen LogP contribution in [-0.2, 0) is 4.79 Å². The highest BCUT2D eigenvalue weighted by molar-refractivity contribution is 6.17. The van der Waals surface area contributed by atoms with Crippen molar-refractivity contribution >= 4 is 17.5 Å². The summed E-state index contributed by atoms with van der Waals surface area (Å²) in [6.07, 6.45) is 7.50. The summed E-state index contributed by atoms with van der Waals surface area (Å²) in [6, 6.07) is 13.7. The van der Waals surface area contributed by atoms with E-state index < -0.39 is 11.8 Å². The molecule has 0 bridgehead atoms. The van der Waals surface area contributed by atoms with Gasteiger partial charge in [0.05, 0.1) is 5.57 Å². The second-order valence-corrected chi connectivity index (χ2v) is 6.34. The van der Waals surface area contributed by atoms with Crippen LogP contribution in [0.15, 0.2) is 71.8 Å². The van der Waals surface area contributed by atoms with Gasteiger partial charge in [-0.05, 0) is 19.9 Å². The standard InChI is InChI=1S/C24H20O4/c1-4-5-20(23(26)19-12-8-17(3)9-13-19)21(24(27)28)14-15-22(25)18-10-6-16(2)7-11-18/h1,5-14H,15H2,2-3H3,(H,27,28)/b20-5+,21-14+. The molecular weight excluding hydrogens is 352 g/mol. The Balaban J connectivity index is 2.35. The van der Waals surface area contributed by atoms with Crippen molar-refractivity contribution in [1.82, 2.24) is 0 Å². The average Bonchev–Trinajstić information content (AvgIpc) is 2.67. The molecule has 0 spiro atoms. The molecule has 2 aromatic rings. The molecule has 0 amide bonds. The van der Waals surface area contributed by atoms with Gasteiger partial charge in [-0.1, -0.05) is 71.7 Å². The molecule has 4 heteroatoms. The second-order valence-electron chi connectivity index (χ2n) is 6.34. The van der Waals surface area contributed by atoms with Crippen LogP contribution in [0.3, 0.4) is 0 Å². The molecule has 0 saturated carbocycles. The van der Waals surface area contributed by atoms with Gasteiger partial charge in [0.1, 0.15) is 0 Å². The Morgan fingerprint density at radius 2 is 1.39 bits per heavy atom. The number of ketones is 2. The van der Waals surface area contributed by atoms with Crippen molar-refractivity contribution in [2.24, 2.45) is 0 Å². The van der Waals surface area contributed by atoms with Gasteiger partial charge in [0.2, 0.25) is 0 Å². The van der Waals surface area contributed by atoms with Crippen molar-refractivity contribution < 1.29 is 19.5 Å². The minimum Gasteiger partial charge on any atom is -0.478 e. The number of hydrogen-bond acceptors (Lipinski definition) is 3. The molecule has 0 aliphatic rings. The number of hydrogen-bond donors (Lipinski definition) is 1. The summed E-state index contributed by atoms with van der Waals surface area (Å²) in [4.78, 5) is 36.9. The molecular formula is C24H20O4. The number of benzene rings is 2. The summed E-state index contributed by atoms with van der Waals surface area (Å²) in [5, 5.41) is 9.59. The van der Waals surface area contributed by atoms with Crippen LogP contribution in [-0.4, -0.2) is 22.6 Å². The average molecular weight is 372 g/mol. The van der Waals surface area contributed by atoms with E-state index in [2.05, 4.69) is 5.92 Å². The topological polar surface area (TPSA) is 71.4 Å². The maximum atomic E-state index is 12.8. The first kappa shape index (κ1) is 20.6. The lowest BCUT2D eigenvalue weighted by Gasteiger charge is -2.08. The maximum Gasteiger partial charge on any atom is 0.336 e. The molecule has 0 saturated heterocycles. The van der Waals surface area contributed by atoms with E-state index in [-0.39, 0.29) is 23.4 Å². The Morgan fingerprint density at radius 1 is 0.893 bits per heavy atom. The summed E-state index contributed by atoms with van der Waals surface area (Å²) in [6.45, 7) is 3.79. The van der Waals surface area contributed by atoms with E-state index in [4.69, 9.17) is 6.42 Å². The zero-order valence-electron chi connectivity index (χ0n) is 15.7. The molecule has 0 aliphatic heterocycles. The molecule has 2 rings (SSSR count). The molecule has 0 aliphatic carbocycles. The van der Waals surface area contributed by atoms with Crippen LogP contribution < -0.4 is 0 Å². The summed E-state index contributed by atoms with van der Waals surface area (Å²) in [5.74, 6) is 0.144. The smallest absolute Gasteiger partial charge is 0.336 e. The van der Waals surface area contributed by atoms with Gasteiger partial charge in [-0.3, -0.25) is 9.59 Å². The Bertz CT molecular complexity index is 998. The fraction of sp³-hybridized carbons (Fsp3) is 0.125. The van der Waals surface area contributed by atoms with E-state index in [1.54, 1.807) is 48.5 Å². The number of carbonyl (C=O) groups is 3. The van der Waals surface area contributed by atoms with E-state index in [9.17, 15) is 19.5 Å². The molecule has 28 heavy (non-hydrogen) atoms. The van der Waals surface area contributed by atoms with Gasteiger partial charge in [-0.2, -0.15) is 0 Å². The monoisotopic (exact) mass is 372 g/mol. The molecule has 0 atom stereocenters. The molecule has 0 aromatic heterocycles. The number of allylic oxidation sites excluding steroid dienone is 2. The van der Waals surface area contributed by atoms with Gasteiger partial charge < -0.3 is 5.11 Å². The van der Waals surface area contributed by atoms with Crippen LogP contribution in [0.4, 0.5) is 0 Å². The number of aliphatic carboxylic acids is 1. The summed E-state index contributed by atoms with van der Waals surface area (Å²) >= 11 is 0. The van der Waals surface area contributed by atoms with Gasteiger partial charge in [0, 0.05) is 23.1 Å². The quantitative estimate of drug-likeness (QED) is 0.340. The molecule has 2 aromatic carbocycles. The van der Waals surface area contributed by atoms with Crippen LogP contribution in [0.2, 0.25) is 0 Å². The molecule has 0 fully saturated rings. The fourth-order valence-electron chi connectivity index (χ4n) is 2.57. The van der Waals surface area contributed by atoms with Gasteiger partial charge in [-0.25, -0.2) is 4.79 Å². The Labute approximate surface area is 164 Å². The lowest BCUT2D eigenvalue weighted by atomic mass is 9.94. The van der Waals surface area contributed by atoms with Crippen LogP contribution in [0, 0.1) is 26.2 Å². The molecule has 1 N–H and O–H groups in total. The van der Waals surface area contributed by atoms with Crippen molar-refractivity contribution in [3.05, 3.63) is 94.1 Å². The normalized spacial score (nSPS) is 11.6. The van der Waals surface area contributed by atoms with Crippen molar-refractivity contribution in [3.8, 4) is 12.3 Å². The minimum absolute atomic E-state index is 0.129. The van der Waals surface area contributed by atoms with Gasteiger partial charge >= 0.3 is 5.97 Å². The summed E-state index contributed by atoms with van der Waals surface area (Å²) < 4.78 is 0. The molecule has 140 valence electrons. The van der Waals surface area contributed by atoms with E-state index in [1.165, 1.54) is 6.08 Å². The minimum atomic E-state index is -1.32. The van der Waals surface area contributed by atoms with Crippen LogP contribution >= 0.6 is 0 Å². The van der Waals surface area contributed by atoms with E-state index in [0.717, 1.165) is 17.2 Å². The fourth-order valence-corrected chi connectivity index (χ4v) is 2.57. The highest BCUT2D eigenvalue weighted by atomic mass is 16.4. The van der Waals surface area contributed by atoms with Crippen LogP contribution in [0.5, 0.6) is 0 Å². The first-order chi connectivity index (χ1) is 13.3. The summed E-state index contributed by atoms with van der Waals surface area (Å²) in [7, 11) is 0. The number of carbonyl (C=O) groups excluding carboxylic acids is 2. The lowest BCUT2D eigenvalue weighted by molar-refractivity contribution is -0.132. The SMILES string of the molecule is C#C/C=C(C(=O)c1ccc(C)cc1)\C(=C/CC(=O)c1ccc(C)cc1)C(=O)O. The zero-order valence-corrected chi connectivity index (χ0v) is 15.7. The van der Waals surface area contributed by atoms with E-state index >= 15 is 0 Å². The Kier molecular flexibility index (Phi) is 6.84. The highest BCUT2D eigenvalue weighted by Crippen LogP contribution is 2.19. The number of terminal acetylenes is 1. The molecule has 0 unspecified atom stereocenters. The largest absolute Gasteiger partial charge is 0.478 e. The van der Waals surface area contributed by atoms with Gasteiger partial charge in [0.15, 0.2) is 11.6 Å². The maximum absolute atomic E-state index is 12.8. The second kappa shape index (κ2) is 9.29. The third kappa shape index (κ3) is 5.15. The lowest BCUT2D eigenvalue weighted by Crippen LogP contribution is -2.13. The number of carboxylic acid groups (broad SMARTS) is 1. The predicted octanol–water partition coefficient (Wildman–Crippen LogP) is 4.33. The molecule has 4 nitrogen and oxygen atoms in total. The van der Waals surface area contributed by atoms with Gasteiger partial charge in [-0.15, -0.1) is 6.42 Å². The number of rotatable bonds is 7. The predicted molar refractivity (Wildman–Crippen MR) is 108 cm³/mol. The molecule has 0 radical (unpaired) electrons. The van der Waals surface area contributed by atoms with Crippen molar-refractivity contribution in [2.75, 3.05) is 0 Å². The summed E-state index contributed by atoms with van der Waals surface area (Å²) in [5.41, 5.74) is 2.36. The zero-order chi connectivity index (χ0) is 20.7. The van der Waals surface area contributed by atoms with Crippen LogP contribution in [0.25, 0.3) is 0 Å². The first-order valence-electron chi connectivity index (χ1n) is 8.65. The number of Topliss-reactive ketones (excluding diaryl/α,β-unsaturated/α-hetero) is 2. The van der Waals surface area contributed by atoms with Crippen molar-refractivity contribution in [3.63, 3.8) is 0 Å². The number of carboxylic acids is 1. The van der Waals surface area contributed by atoms with Crippen LogP contribution in [0.1, 0.15) is 38.3 Å². The van der Waals surface area contributed by atoms with Crippen molar-refractivity contribution in [2.45, 2.75) is 20.3 Å². The van der Waals surface area contributed by atoms with Gasteiger partial charge in [0.25, 0.3) is 0 Å². The number of aryl methyl sites for hydroxylation is 2. The first-order valence-corrected chi connectivity index (χ1v) is 8.65. The molecule has 0 heterocycles. The highest BCUT2D eigenvalue weighted by Gasteiger charge is 2.21. The van der Waals surface area contributed by atoms with E-state index in [0.29, 0.717) is 11.1 Å².